The molecule has 5 rings (SSSR count). The van der Waals surface area contributed by atoms with Crippen LogP contribution in [-0.4, -0.2) is 52.6 Å². The highest BCUT2D eigenvalue weighted by atomic mass is 16.7. The Hall–Kier alpha value is -3.13. The molecule has 0 saturated heterocycles. The molecule has 0 radical (unpaired) electrons. The Morgan fingerprint density at radius 2 is 2.07 bits per heavy atom. The van der Waals surface area contributed by atoms with Crippen LogP contribution < -0.4 is 14.2 Å². The Morgan fingerprint density at radius 1 is 1.21 bits per heavy atom. The SMILES string of the molecule is COc1c2c(cc3c1C(c1nnnn1-c1ccccc1C)N(C)CC3)OCO2. The summed E-state index contributed by atoms with van der Waals surface area (Å²) in [6.45, 7) is 3.13. The van der Waals surface area contributed by atoms with Gasteiger partial charge in [-0.3, -0.25) is 4.90 Å². The van der Waals surface area contributed by atoms with Gasteiger partial charge in [0.1, 0.15) is 6.04 Å². The first kappa shape index (κ1) is 17.0. The summed E-state index contributed by atoms with van der Waals surface area (Å²) in [7, 11) is 3.74. The summed E-state index contributed by atoms with van der Waals surface area (Å²) in [5.74, 6) is 2.82. The van der Waals surface area contributed by atoms with E-state index in [1.54, 1.807) is 7.11 Å². The van der Waals surface area contributed by atoms with Gasteiger partial charge >= 0.3 is 0 Å². The summed E-state index contributed by atoms with van der Waals surface area (Å²) < 4.78 is 18.9. The van der Waals surface area contributed by atoms with Crippen molar-refractivity contribution in [3.05, 3.63) is 52.8 Å². The number of rotatable bonds is 3. The molecule has 0 amide bonds. The van der Waals surface area contributed by atoms with E-state index in [2.05, 4.69) is 46.5 Å². The molecule has 3 heterocycles. The van der Waals surface area contributed by atoms with Crippen molar-refractivity contribution in [2.75, 3.05) is 27.5 Å². The van der Waals surface area contributed by atoms with Crippen LogP contribution in [-0.2, 0) is 6.42 Å². The summed E-state index contributed by atoms with van der Waals surface area (Å²) in [5.41, 5.74) is 4.27. The summed E-state index contributed by atoms with van der Waals surface area (Å²) in [5, 5.41) is 12.7. The fraction of sp³-hybridized carbons (Fsp3) is 0.350. The second-order valence-corrected chi connectivity index (χ2v) is 7.08. The summed E-state index contributed by atoms with van der Waals surface area (Å²) >= 11 is 0. The van der Waals surface area contributed by atoms with E-state index in [1.807, 2.05) is 22.9 Å². The lowest BCUT2D eigenvalue weighted by molar-refractivity contribution is 0.170. The fourth-order valence-electron chi connectivity index (χ4n) is 4.10. The van der Waals surface area contributed by atoms with Gasteiger partial charge in [-0.25, -0.2) is 0 Å². The van der Waals surface area contributed by atoms with E-state index in [4.69, 9.17) is 14.2 Å². The Balaban J connectivity index is 1.72. The Labute approximate surface area is 162 Å². The number of likely N-dealkylation sites (N-methyl/N-ethyl adjacent to an activating group) is 1. The molecule has 1 atom stereocenters. The number of fused-ring (bicyclic) bond motifs is 2. The van der Waals surface area contributed by atoms with Crippen LogP contribution in [0, 0.1) is 6.92 Å². The zero-order valence-electron chi connectivity index (χ0n) is 16.0. The first-order valence-corrected chi connectivity index (χ1v) is 9.23. The normalized spacial score (nSPS) is 18.2. The van der Waals surface area contributed by atoms with E-state index in [9.17, 15) is 0 Å². The quantitative estimate of drug-likeness (QED) is 0.691. The second kappa shape index (κ2) is 6.49. The highest BCUT2D eigenvalue weighted by Gasteiger charge is 2.37. The van der Waals surface area contributed by atoms with Gasteiger partial charge in [0.05, 0.1) is 12.8 Å². The van der Waals surface area contributed by atoms with Crippen LogP contribution in [0.25, 0.3) is 5.69 Å². The predicted molar refractivity (Wildman–Crippen MR) is 101 cm³/mol. The first-order chi connectivity index (χ1) is 13.7. The van der Waals surface area contributed by atoms with Gasteiger partial charge in [-0.1, -0.05) is 18.2 Å². The van der Waals surface area contributed by atoms with Gasteiger partial charge in [0.25, 0.3) is 0 Å². The van der Waals surface area contributed by atoms with E-state index in [0.717, 1.165) is 41.4 Å². The highest BCUT2D eigenvalue weighted by Crippen LogP contribution is 2.50. The molecular formula is C20H21N5O3. The monoisotopic (exact) mass is 379 g/mol. The molecular weight excluding hydrogens is 358 g/mol. The van der Waals surface area contributed by atoms with Crippen molar-refractivity contribution in [2.45, 2.75) is 19.4 Å². The molecule has 8 heteroatoms. The third-order valence-electron chi connectivity index (χ3n) is 5.48. The van der Waals surface area contributed by atoms with Crippen molar-refractivity contribution in [2.24, 2.45) is 0 Å². The second-order valence-electron chi connectivity index (χ2n) is 7.08. The van der Waals surface area contributed by atoms with Gasteiger partial charge in [0.2, 0.25) is 12.5 Å². The highest BCUT2D eigenvalue weighted by molar-refractivity contribution is 5.62. The topological polar surface area (TPSA) is 74.5 Å². The van der Waals surface area contributed by atoms with Crippen molar-refractivity contribution < 1.29 is 14.2 Å². The van der Waals surface area contributed by atoms with Gasteiger partial charge < -0.3 is 14.2 Å². The first-order valence-electron chi connectivity index (χ1n) is 9.23. The molecule has 144 valence electrons. The largest absolute Gasteiger partial charge is 0.492 e. The lowest BCUT2D eigenvalue weighted by atomic mass is 9.90. The van der Waals surface area contributed by atoms with E-state index < -0.39 is 0 Å². The molecule has 0 spiro atoms. The molecule has 0 saturated carbocycles. The van der Waals surface area contributed by atoms with Crippen LogP contribution in [0.2, 0.25) is 0 Å². The van der Waals surface area contributed by atoms with Gasteiger partial charge in [-0.15, -0.1) is 5.10 Å². The number of tetrazole rings is 1. The minimum atomic E-state index is -0.164. The van der Waals surface area contributed by atoms with Crippen LogP contribution in [0.15, 0.2) is 30.3 Å². The Morgan fingerprint density at radius 3 is 2.89 bits per heavy atom. The lowest BCUT2D eigenvalue weighted by Crippen LogP contribution is -2.35. The third kappa shape index (κ3) is 2.45. The van der Waals surface area contributed by atoms with Crippen molar-refractivity contribution >= 4 is 0 Å². The average molecular weight is 379 g/mol. The van der Waals surface area contributed by atoms with E-state index in [1.165, 1.54) is 5.56 Å². The molecule has 0 aliphatic carbocycles. The number of hydrogen-bond donors (Lipinski definition) is 0. The van der Waals surface area contributed by atoms with Crippen molar-refractivity contribution in [3.63, 3.8) is 0 Å². The van der Waals surface area contributed by atoms with Crippen LogP contribution >= 0.6 is 0 Å². The number of methoxy groups -OCH3 is 1. The minimum Gasteiger partial charge on any atom is -0.492 e. The molecule has 2 aliphatic rings. The fourth-order valence-corrected chi connectivity index (χ4v) is 4.10. The summed E-state index contributed by atoms with van der Waals surface area (Å²) in [6.07, 6.45) is 0.890. The van der Waals surface area contributed by atoms with Crippen LogP contribution in [0.5, 0.6) is 17.2 Å². The van der Waals surface area contributed by atoms with Gasteiger partial charge in [0.15, 0.2) is 17.3 Å². The minimum absolute atomic E-state index is 0.164. The average Bonchev–Trinajstić information content (AvgIpc) is 3.36. The smallest absolute Gasteiger partial charge is 0.231 e. The van der Waals surface area contributed by atoms with Gasteiger partial charge in [0, 0.05) is 12.1 Å². The summed E-state index contributed by atoms with van der Waals surface area (Å²) in [6, 6.07) is 9.97. The predicted octanol–water partition coefficient (Wildman–Crippen LogP) is 2.29. The van der Waals surface area contributed by atoms with Gasteiger partial charge in [-0.05, 0) is 54.1 Å². The van der Waals surface area contributed by atoms with E-state index >= 15 is 0 Å². The van der Waals surface area contributed by atoms with E-state index in [0.29, 0.717) is 11.5 Å². The maximum Gasteiger partial charge on any atom is 0.231 e. The number of benzene rings is 2. The van der Waals surface area contributed by atoms with Crippen LogP contribution in [0.1, 0.15) is 28.6 Å². The molecule has 1 unspecified atom stereocenters. The third-order valence-corrected chi connectivity index (χ3v) is 5.48. The number of aromatic nitrogens is 4. The molecule has 28 heavy (non-hydrogen) atoms. The molecule has 0 N–H and O–H groups in total. The number of aryl methyl sites for hydroxylation is 1. The number of hydrogen-bond acceptors (Lipinski definition) is 7. The van der Waals surface area contributed by atoms with Crippen LogP contribution in [0.3, 0.4) is 0 Å². The van der Waals surface area contributed by atoms with Crippen molar-refractivity contribution in [1.82, 2.24) is 25.1 Å². The van der Waals surface area contributed by atoms with Crippen LogP contribution in [0.4, 0.5) is 0 Å². The van der Waals surface area contributed by atoms with Gasteiger partial charge in [-0.2, -0.15) is 4.68 Å². The Kier molecular flexibility index (Phi) is 3.94. The number of ether oxygens (including phenoxy) is 3. The molecule has 0 bridgehead atoms. The zero-order valence-corrected chi connectivity index (χ0v) is 16.0. The standard InChI is InChI=1S/C20H21N5O3/c1-12-6-4-5-7-14(12)25-20(21-22-23-25)17-16-13(8-9-24(17)2)10-15-18(19(16)26-3)28-11-27-15/h4-7,10,17H,8-9,11H2,1-3H3. The number of para-hydroxylation sites is 1. The molecule has 3 aromatic rings. The van der Waals surface area contributed by atoms with E-state index in [-0.39, 0.29) is 12.8 Å². The van der Waals surface area contributed by atoms with Crippen molar-refractivity contribution in [1.29, 1.82) is 0 Å². The molecule has 2 aromatic carbocycles. The molecule has 8 nitrogen and oxygen atoms in total. The maximum atomic E-state index is 5.79. The lowest BCUT2D eigenvalue weighted by Gasteiger charge is -2.34. The summed E-state index contributed by atoms with van der Waals surface area (Å²) in [4.78, 5) is 2.24. The molecule has 2 aliphatic heterocycles. The molecule has 0 fully saturated rings. The number of nitrogens with zero attached hydrogens (tertiary/aromatic N) is 5. The zero-order chi connectivity index (χ0) is 19.3. The van der Waals surface area contributed by atoms with Crippen molar-refractivity contribution in [3.8, 4) is 22.9 Å². The molecule has 1 aromatic heterocycles. The maximum absolute atomic E-state index is 5.79. The Bertz CT molecular complexity index is 1050.